The van der Waals surface area contributed by atoms with Gasteiger partial charge in [0.25, 0.3) is 0 Å². The summed E-state index contributed by atoms with van der Waals surface area (Å²) in [7, 11) is 0. The van der Waals surface area contributed by atoms with Crippen molar-refractivity contribution in [3.63, 3.8) is 0 Å². The number of hydrogen-bond donors (Lipinski definition) is 1. The van der Waals surface area contributed by atoms with E-state index in [4.69, 9.17) is 5.11 Å². The van der Waals surface area contributed by atoms with Gasteiger partial charge in [-0.15, -0.1) is 0 Å². The third-order valence-corrected chi connectivity index (χ3v) is 6.18. The molecule has 0 aromatic rings. The summed E-state index contributed by atoms with van der Waals surface area (Å²) in [5.41, 5.74) is 0. The summed E-state index contributed by atoms with van der Waals surface area (Å²) in [5, 5.41) is 8.72. The SMILES string of the molecule is OCCCCCCCCCCCCCCCCCN1CCSCC1. The molecule has 1 fully saturated rings. The van der Waals surface area contributed by atoms with Gasteiger partial charge in [-0.25, -0.2) is 0 Å². The Morgan fingerprint density at radius 2 is 0.917 bits per heavy atom. The van der Waals surface area contributed by atoms with E-state index in [9.17, 15) is 0 Å². The van der Waals surface area contributed by atoms with Gasteiger partial charge in [0.05, 0.1) is 0 Å². The maximum absolute atomic E-state index is 8.72. The molecule has 0 unspecified atom stereocenters. The second-order valence-corrected chi connectivity index (χ2v) is 8.71. The van der Waals surface area contributed by atoms with Gasteiger partial charge in [-0.3, -0.25) is 0 Å². The zero-order chi connectivity index (χ0) is 17.1. The van der Waals surface area contributed by atoms with E-state index >= 15 is 0 Å². The molecule has 0 amide bonds. The number of thioether (sulfide) groups is 1. The molecule has 0 bridgehead atoms. The monoisotopic (exact) mass is 357 g/mol. The van der Waals surface area contributed by atoms with E-state index in [1.807, 2.05) is 0 Å². The Morgan fingerprint density at radius 3 is 1.33 bits per heavy atom. The number of nitrogens with zero attached hydrogens (tertiary/aromatic N) is 1. The van der Waals surface area contributed by atoms with Crippen LogP contribution in [0.3, 0.4) is 0 Å². The van der Waals surface area contributed by atoms with Gasteiger partial charge < -0.3 is 10.0 Å². The molecule has 0 aromatic carbocycles. The topological polar surface area (TPSA) is 23.5 Å². The summed E-state index contributed by atoms with van der Waals surface area (Å²) in [6, 6.07) is 0. The van der Waals surface area contributed by atoms with Crippen LogP contribution in [0.2, 0.25) is 0 Å². The Balaban J connectivity index is 1.66. The maximum atomic E-state index is 8.72. The lowest BCUT2D eigenvalue weighted by atomic mass is 10.0. The highest BCUT2D eigenvalue weighted by atomic mass is 32.2. The average Bonchev–Trinajstić information content (AvgIpc) is 2.62. The second-order valence-electron chi connectivity index (χ2n) is 7.48. The van der Waals surface area contributed by atoms with Crippen molar-refractivity contribution in [1.29, 1.82) is 0 Å². The minimum Gasteiger partial charge on any atom is -0.396 e. The minimum absolute atomic E-state index is 0.373. The maximum Gasteiger partial charge on any atom is 0.0431 e. The molecule has 144 valence electrons. The summed E-state index contributed by atoms with van der Waals surface area (Å²) >= 11 is 2.11. The van der Waals surface area contributed by atoms with Crippen LogP contribution in [0.1, 0.15) is 96.3 Å². The fourth-order valence-corrected chi connectivity index (χ4v) is 4.55. The van der Waals surface area contributed by atoms with Crippen molar-refractivity contribution in [2.75, 3.05) is 37.7 Å². The van der Waals surface area contributed by atoms with Gasteiger partial charge >= 0.3 is 0 Å². The molecule has 1 aliphatic rings. The molecule has 1 heterocycles. The molecular weight excluding hydrogens is 314 g/mol. The zero-order valence-electron chi connectivity index (χ0n) is 16.2. The zero-order valence-corrected chi connectivity index (χ0v) is 17.0. The molecule has 1 rings (SSSR count). The van der Waals surface area contributed by atoms with Crippen molar-refractivity contribution in [1.82, 2.24) is 4.90 Å². The molecule has 2 nitrogen and oxygen atoms in total. The summed E-state index contributed by atoms with van der Waals surface area (Å²) < 4.78 is 0. The van der Waals surface area contributed by atoms with Crippen LogP contribution < -0.4 is 0 Å². The van der Waals surface area contributed by atoms with Crippen molar-refractivity contribution < 1.29 is 5.11 Å². The van der Waals surface area contributed by atoms with Crippen LogP contribution in [0.15, 0.2) is 0 Å². The summed E-state index contributed by atoms with van der Waals surface area (Å²) in [6.45, 7) is 4.37. The van der Waals surface area contributed by atoms with Gasteiger partial charge in [0.2, 0.25) is 0 Å². The molecule has 24 heavy (non-hydrogen) atoms. The van der Waals surface area contributed by atoms with E-state index in [-0.39, 0.29) is 0 Å². The van der Waals surface area contributed by atoms with Gasteiger partial charge in [0.15, 0.2) is 0 Å². The first-order valence-electron chi connectivity index (χ1n) is 10.8. The molecule has 1 N–H and O–H groups in total. The highest BCUT2D eigenvalue weighted by Gasteiger charge is 2.08. The second kappa shape index (κ2) is 18.1. The van der Waals surface area contributed by atoms with Gasteiger partial charge in [-0.05, 0) is 19.4 Å². The Hall–Kier alpha value is 0.270. The van der Waals surface area contributed by atoms with Crippen LogP contribution in [-0.2, 0) is 0 Å². The smallest absolute Gasteiger partial charge is 0.0431 e. The van der Waals surface area contributed by atoms with Crippen molar-refractivity contribution in [2.45, 2.75) is 96.3 Å². The fourth-order valence-electron chi connectivity index (χ4n) is 3.57. The van der Waals surface area contributed by atoms with Crippen LogP contribution in [0.4, 0.5) is 0 Å². The number of rotatable bonds is 17. The molecule has 0 aliphatic carbocycles. The molecule has 1 saturated heterocycles. The van der Waals surface area contributed by atoms with Crippen LogP contribution in [-0.4, -0.2) is 47.8 Å². The third kappa shape index (κ3) is 14.6. The van der Waals surface area contributed by atoms with Crippen LogP contribution in [0.5, 0.6) is 0 Å². The predicted molar refractivity (Wildman–Crippen MR) is 110 cm³/mol. The van der Waals surface area contributed by atoms with Gasteiger partial charge in [0.1, 0.15) is 0 Å². The Labute approximate surface area is 156 Å². The molecule has 1 aliphatic heterocycles. The summed E-state index contributed by atoms with van der Waals surface area (Å²) in [4.78, 5) is 2.66. The lowest BCUT2D eigenvalue weighted by Gasteiger charge is -2.25. The normalized spacial score (nSPS) is 15.9. The average molecular weight is 358 g/mol. The first-order valence-corrected chi connectivity index (χ1v) is 12.0. The van der Waals surface area contributed by atoms with Crippen molar-refractivity contribution in [2.24, 2.45) is 0 Å². The number of aliphatic hydroxyl groups excluding tert-OH is 1. The Morgan fingerprint density at radius 1 is 0.542 bits per heavy atom. The number of unbranched alkanes of at least 4 members (excludes halogenated alkanes) is 14. The molecule has 0 spiro atoms. The van der Waals surface area contributed by atoms with Crippen LogP contribution in [0.25, 0.3) is 0 Å². The molecule has 0 radical (unpaired) electrons. The fraction of sp³-hybridized carbons (Fsp3) is 1.00. The van der Waals surface area contributed by atoms with Crippen molar-refractivity contribution >= 4 is 11.8 Å². The lowest BCUT2D eigenvalue weighted by Crippen LogP contribution is -2.33. The molecule has 0 aromatic heterocycles. The summed E-state index contributed by atoms with van der Waals surface area (Å²) in [6.07, 6.45) is 20.8. The molecule has 3 heteroatoms. The first kappa shape index (κ1) is 22.3. The van der Waals surface area contributed by atoms with Crippen LogP contribution >= 0.6 is 11.8 Å². The minimum atomic E-state index is 0.373. The molecule has 0 saturated carbocycles. The quantitative estimate of drug-likeness (QED) is 0.329. The predicted octanol–water partition coefficient (Wildman–Crippen LogP) is 5.88. The number of hydrogen-bond acceptors (Lipinski definition) is 3. The van der Waals surface area contributed by atoms with Crippen molar-refractivity contribution in [3.05, 3.63) is 0 Å². The van der Waals surface area contributed by atoms with Gasteiger partial charge in [-0.1, -0.05) is 83.5 Å². The van der Waals surface area contributed by atoms with E-state index in [2.05, 4.69) is 16.7 Å². The number of aliphatic hydroxyl groups is 1. The highest BCUT2D eigenvalue weighted by Crippen LogP contribution is 2.14. The van der Waals surface area contributed by atoms with E-state index in [0.29, 0.717) is 6.61 Å². The lowest BCUT2D eigenvalue weighted by molar-refractivity contribution is 0.282. The highest BCUT2D eigenvalue weighted by molar-refractivity contribution is 7.99. The van der Waals surface area contributed by atoms with E-state index in [0.717, 1.165) is 6.42 Å². The van der Waals surface area contributed by atoms with Crippen molar-refractivity contribution in [3.8, 4) is 0 Å². The largest absolute Gasteiger partial charge is 0.396 e. The van der Waals surface area contributed by atoms with Gasteiger partial charge in [-0.2, -0.15) is 11.8 Å². The van der Waals surface area contributed by atoms with E-state index < -0.39 is 0 Å². The first-order chi connectivity index (χ1) is 11.9. The summed E-state index contributed by atoms with van der Waals surface area (Å²) in [5.74, 6) is 2.70. The third-order valence-electron chi connectivity index (χ3n) is 5.24. The Bertz CT molecular complexity index is 244. The van der Waals surface area contributed by atoms with Gasteiger partial charge in [0, 0.05) is 31.2 Å². The van der Waals surface area contributed by atoms with Crippen LogP contribution in [0, 0.1) is 0 Å². The van der Waals surface area contributed by atoms with E-state index in [1.165, 1.54) is 121 Å². The molecule has 0 atom stereocenters. The molecular formula is C21H43NOS. The standard InChI is InChI=1S/C21H43NOS/c23-19-15-13-11-9-7-5-3-1-2-4-6-8-10-12-14-16-22-17-20-24-21-18-22/h23H,1-21H2. The Kier molecular flexibility index (Phi) is 16.8. The van der Waals surface area contributed by atoms with E-state index in [1.54, 1.807) is 0 Å².